The Bertz CT molecular complexity index is 845. The lowest BCUT2D eigenvalue weighted by molar-refractivity contribution is 0.102. The molecule has 0 unspecified atom stereocenters. The number of rotatable bonds is 4. The molecule has 0 saturated carbocycles. The van der Waals surface area contributed by atoms with Crippen LogP contribution in [0.5, 0.6) is 0 Å². The van der Waals surface area contributed by atoms with Gasteiger partial charge in [-0.25, -0.2) is 0 Å². The summed E-state index contributed by atoms with van der Waals surface area (Å²) < 4.78 is 0. The van der Waals surface area contributed by atoms with Crippen molar-refractivity contribution in [3.8, 4) is 0 Å². The molecule has 2 N–H and O–H groups in total. The lowest BCUT2D eigenvalue weighted by Crippen LogP contribution is -2.13. The molecule has 2 aromatic carbocycles. The second-order valence-electron chi connectivity index (χ2n) is 5.50. The smallest absolute Gasteiger partial charge is 0.256 e. The van der Waals surface area contributed by atoms with Gasteiger partial charge in [0.1, 0.15) is 0 Å². The van der Waals surface area contributed by atoms with Crippen LogP contribution in [0.4, 0.5) is 17.3 Å². The van der Waals surface area contributed by atoms with Crippen LogP contribution in [0.25, 0.3) is 0 Å². The fourth-order valence-corrected chi connectivity index (χ4v) is 2.27. The quantitative estimate of drug-likeness (QED) is 0.760. The molecule has 0 aliphatic carbocycles. The first-order valence-corrected chi connectivity index (χ1v) is 7.67. The van der Waals surface area contributed by atoms with Gasteiger partial charge in [0.05, 0.1) is 0 Å². The average Bonchev–Trinajstić information content (AvgIpc) is 2.61. The van der Waals surface area contributed by atoms with Gasteiger partial charge >= 0.3 is 0 Å². The first kappa shape index (κ1) is 15.7. The molecule has 0 fully saturated rings. The molecule has 0 radical (unpaired) electrons. The number of aromatic nitrogens is 2. The van der Waals surface area contributed by atoms with Crippen LogP contribution in [-0.2, 0) is 0 Å². The molecule has 3 rings (SSSR count). The number of carbonyl (C=O) groups is 1. The zero-order valence-electron chi connectivity index (χ0n) is 13.6. The lowest BCUT2D eigenvalue weighted by Gasteiger charge is -2.10. The maximum atomic E-state index is 12.1. The Balaban J connectivity index is 1.69. The largest absolute Gasteiger partial charge is 0.339 e. The van der Waals surface area contributed by atoms with Crippen LogP contribution in [0.2, 0.25) is 0 Å². The van der Waals surface area contributed by atoms with E-state index in [9.17, 15) is 4.79 Å². The number of nitrogens with zero attached hydrogens (tertiary/aromatic N) is 2. The van der Waals surface area contributed by atoms with Crippen molar-refractivity contribution in [3.63, 3.8) is 0 Å². The van der Waals surface area contributed by atoms with Crippen molar-refractivity contribution in [1.82, 2.24) is 10.2 Å². The number of hydrogen-bond acceptors (Lipinski definition) is 4. The molecule has 0 aliphatic heterocycles. The highest BCUT2D eigenvalue weighted by molar-refractivity contribution is 6.03. The van der Waals surface area contributed by atoms with Gasteiger partial charge in [0.15, 0.2) is 11.6 Å². The summed E-state index contributed by atoms with van der Waals surface area (Å²) in [5, 5.41) is 14.1. The first-order valence-electron chi connectivity index (χ1n) is 7.67. The normalized spacial score (nSPS) is 10.2. The molecule has 0 bridgehead atoms. The number of amides is 1. The van der Waals surface area contributed by atoms with Gasteiger partial charge in [-0.2, -0.15) is 0 Å². The fourth-order valence-electron chi connectivity index (χ4n) is 2.27. The van der Waals surface area contributed by atoms with Gasteiger partial charge in [0, 0.05) is 11.3 Å². The summed E-state index contributed by atoms with van der Waals surface area (Å²) in [5.74, 6) is 0.830. The zero-order valence-corrected chi connectivity index (χ0v) is 13.6. The van der Waals surface area contributed by atoms with Gasteiger partial charge in [0.25, 0.3) is 5.91 Å². The van der Waals surface area contributed by atoms with Gasteiger partial charge in [-0.3, -0.25) is 4.79 Å². The van der Waals surface area contributed by atoms with E-state index in [0.29, 0.717) is 17.2 Å². The zero-order chi connectivity index (χ0) is 16.9. The number of nitrogens with one attached hydrogen (secondary N) is 2. The number of hydrogen-bond donors (Lipinski definition) is 2. The molecular weight excluding hydrogens is 300 g/mol. The average molecular weight is 318 g/mol. The predicted octanol–water partition coefficient (Wildman–Crippen LogP) is 4.09. The molecule has 0 spiro atoms. The van der Waals surface area contributed by atoms with Gasteiger partial charge in [-0.15, -0.1) is 10.2 Å². The van der Waals surface area contributed by atoms with E-state index in [1.54, 1.807) is 24.3 Å². The van der Waals surface area contributed by atoms with E-state index in [-0.39, 0.29) is 5.91 Å². The Morgan fingerprint density at radius 2 is 1.54 bits per heavy atom. The molecule has 5 nitrogen and oxygen atoms in total. The molecule has 1 heterocycles. The third-order valence-corrected chi connectivity index (χ3v) is 3.81. The van der Waals surface area contributed by atoms with Crippen molar-refractivity contribution in [2.24, 2.45) is 0 Å². The minimum absolute atomic E-state index is 0.208. The number of anilines is 3. The molecule has 1 amide bonds. The summed E-state index contributed by atoms with van der Waals surface area (Å²) in [5.41, 5.74) is 3.95. The van der Waals surface area contributed by atoms with Gasteiger partial charge in [-0.1, -0.05) is 30.3 Å². The third-order valence-electron chi connectivity index (χ3n) is 3.81. The molecule has 0 atom stereocenters. The van der Waals surface area contributed by atoms with Gasteiger partial charge < -0.3 is 10.6 Å². The summed E-state index contributed by atoms with van der Waals surface area (Å²) in [7, 11) is 0. The SMILES string of the molecule is Cc1cccc(Nc2ccc(NC(=O)c3ccccc3)nn2)c1C. The Hall–Kier alpha value is -3.21. The van der Waals surface area contributed by atoms with Crippen molar-refractivity contribution in [2.75, 3.05) is 10.6 Å². The van der Waals surface area contributed by atoms with Crippen LogP contribution in [0.15, 0.2) is 60.7 Å². The Morgan fingerprint density at radius 3 is 2.25 bits per heavy atom. The van der Waals surface area contributed by atoms with Crippen LogP contribution in [0, 0.1) is 13.8 Å². The first-order chi connectivity index (χ1) is 11.6. The molecule has 24 heavy (non-hydrogen) atoms. The molecule has 0 saturated heterocycles. The van der Waals surface area contributed by atoms with Crippen LogP contribution >= 0.6 is 0 Å². The monoisotopic (exact) mass is 318 g/mol. The second-order valence-corrected chi connectivity index (χ2v) is 5.50. The number of benzene rings is 2. The molecule has 3 aromatic rings. The topological polar surface area (TPSA) is 66.9 Å². The van der Waals surface area contributed by atoms with Gasteiger partial charge in [-0.05, 0) is 55.3 Å². The van der Waals surface area contributed by atoms with E-state index < -0.39 is 0 Å². The lowest BCUT2D eigenvalue weighted by atomic mass is 10.1. The molecular formula is C19H18N4O. The second kappa shape index (κ2) is 6.91. The Kier molecular flexibility index (Phi) is 4.52. The highest BCUT2D eigenvalue weighted by atomic mass is 16.1. The highest BCUT2D eigenvalue weighted by Crippen LogP contribution is 2.21. The molecule has 5 heteroatoms. The van der Waals surface area contributed by atoms with Crippen LogP contribution in [0.3, 0.4) is 0 Å². The van der Waals surface area contributed by atoms with E-state index in [1.807, 2.05) is 30.3 Å². The Labute approximate surface area is 140 Å². The Morgan fingerprint density at radius 1 is 0.833 bits per heavy atom. The van der Waals surface area contributed by atoms with Crippen molar-refractivity contribution in [3.05, 3.63) is 77.4 Å². The van der Waals surface area contributed by atoms with Crippen molar-refractivity contribution < 1.29 is 4.79 Å². The number of aryl methyl sites for hydroxylation is 1. The standard InChI is InChI=1S/C19H18N4O/c1-13-7-6-10-16(14(13)2)20-17-11-12-18(23-22-17)21-19(24)15-8-4-3-5-9-15/h3-12H,1-2H3,(H,20,22)(H,21,23,24). The predicted molar refractivity (Wildman–Crippen MR) is 95.6 cm³/mol. The fraction of sp³-hybridized carbons (Fsp3) is 0.105. The van der Waals surface area contributed by atoms with Crippen LogP contribution in [-0.4, -0.2) is 16.1 Å². The number of carbonyl (C=O) groups excluding carboxylic acids is 1. The summed E-state index contributed by atoms with van der Waals surface area (Å²) in [6.07, 6.45) is 0. The highest BCUT2D eigenvalue weighted by Gasteiger charge is 2.07. The van der Waals surface area contributed by atoms with Crippen LogP contribution < -0.4 is 10.6 Å². The maximum Gasteiger partial charge on any atom is 0.256 e. The summed E-state index contributed by atoms with van der Waals surface area (Å²) >= 11 is 0. The van der Waals surface area contributed by atoms with E-state index in [4.69, 9.17) is 0 Å². The molecule has 120 valence electrons. The summed E-state index contributed by atoms with van der Waals surface area (Å²) in [6, 6.07) is 18.6. The van der Waals surface area contributed by atoms with Crippen molar-refractivity contribution >= 4 is 23.2 Å². The third kappa shape index (κ3) is 3.57. The summed E-state index contributed by atoms with van der Waals surface area (Å²) in [4.78, 5) is 12.1. The van der Waals surface area contributed by atoms with Gasteiger partial charge in [0.2, 0.25) is 0 Å². The molecule has 1 aromatic heterocycles. The van der Waals surface area contributed by atoms with Crippen molar-refractivity contribution in [2.45, 2.75) is 13.8 Å². The summed E-state index contributed by atoms with van der Waals surface area (Å²) in [6.45, 7) is 4.12. The van der Waals surface area contributed by atoms with E-state index >= 15 is 0 Å². The minimum Gasteiger partial charge on any atom is -0.339 e. The van der Waals surface area contributed by atoms with E-state index in [2.05, 4.69) is 40.7 Å². The van der Waals surface area contributed by atoms with Crippen molar-refractivity contribution in [1.29, 1.82) is 0 Å². The minimum atomic E-state index is -0.208. The molecule has 0 aliphatic rings. The van der Waals surface area contributed by atoms with E-state index in [0.717, 1.165) is 5.69 Å². The maximum absolute atomic E-state index is 12.1. The van der Waals surface area contributed by atoms with Crippen LogP contribution in [0.1, 0.15) is 21.5 Å². The van der Waals surface area contributed by atoms with E-state index in [1.165, 1.54) is 11.1 Å².